The first-order valence-corrected chi connectivity index (χ1v) is 12.2. The van der Waals surface area contributed by atoms with Gasteiger partial charge in [0.2, 0.25) is 5.91 Å². The third kappa shape index (κ3) is 5.21. The lowest BCUT2D eigenvalue weighted by atomic mass is 9.96. The molecule has 0 unspecified atom stereocenters. The second-order valence-electron chi connectivity index (χ2n) is 9.62. The van der Waals surface area contributed by atoms with Crippen molar-refractivity contribution >= 4 is 17.7 Å². The summed E-state index contributed by atoms with van der Waals surface area (Å²) in [5.41, 5.74) is -0.401. The van der Waals surface area contributed by atoms with Crippen LogP contribution in [0.15, 0.2) is 48.5 Å². The number of halogens is 1. The number of hydrogen-bond acceptors (Lipinski definition) is 5. The molecule has 0 saturated carbocycles. The third-order valence-electron chi connectivity index (χ3n) is 6.69. The molecule has 2 aromatic carbocycles. The Bertz CT molecular complexity index is 1130. The molecule has 0 bridgehead atoms. The minimum absolute atomic E-state index is 0.0365. The lowest BCUT2D eigenvalue weighted by molar-refractivity contribution is -0.128. The first-order valence-electron chi connectivity index (χ1n) is 12.2. The van der Waals surface area contributed by atoms with Gasteiger partial charge in [0, 0.05) is 43.6 Å². The highest BCUT2D eigenvalue weighted by molar-refractivity contribution is 5.98. The molecule has 2 aromatic rings. The van der Waals surface area contributed by atoms with Crippen LogP contribution in [-0.4, -0.2) is 72.6 Å². The minimum atomic E-state index is -1.06. The van der Waals surface area contributed by atoms with E-state index in [9.17, 15) is 18.8 Å². The van der Waals surface area contributed by atoms with E-state index in [1.165, 1.54) is 29.2 Å². The van der Waals surface area contributed by atoms with Crippen LogP contribution in [0.5, 0.6) is 5.75 Å². The van der Waals surface area contributed by atoms with Crippen LogP contribution in [0, 0.1) is 11.7 Å². The molecule has 4 rings (SSSR count). The highest BCUT2D eigenvalue weighted by atomic mass is 19.1. The highest BCUT2D eigenvalue weighted by Crippen LogP contribution is 2.39. The summed E-state index contributed by atoms with van der Waals surface area (Å²) >= 11 is 0. The van der Waals surface area contributed by atoms with Gasteiger partial charge in [-0.15, -0.1) is 0 Å². The Morgan fingerprint density at radius 3 is 2.39 bits per heavy atom. The number of hydrogen-bond donors (Lipinski definition) is 1. The van der Waals surface area contributed by atoms with Crippen molar-refractivity contribution in [2.45, 2.75) is 38.5 Å². The van der Waals surface area contributed by atoms with Crippen LogP contribution < -0.4 is 10.1 Å². The number of nitrogens with zero attached hydrogens (tertiary/aromatic N) is 2. The summed E-state index contributed by atoms with van der Waals surface area (Å²) in [6.07, 6.45) is 0.662. The van der Waals surface area contributed by atoms with Gasteiger partial charge in [-0.2, -0.15) is 0 Å². The molecule has 1 atom stereocenters. The molecule has 0 radical (unpaired) electrons. The predicted octanol–water partition coefficient (Wildman–Crippen LogP) is 3.08. The van der Waals surface area contributed by atoms with E-state index in [1.54, 1.807) is 36.3 Å². The van der Waals surface area contributed by atoms with Gasteiger partial charge in [0.1, 0.15) is 23.3 Å². The van der Waals surface area contributed by atoms with Gasteiger partial charge in [0.25, 0.3) is 11.8 Å². The number of benzene rings is 2. The lowest BCUT2D eigenvalue weighted by Gasteiger charge is -2.44. The summed E-state index contributed by atoms with van der Waals surface area (Å²) in [5.74, 6) is -0.617. The van der Waals surface area contributed by atoms with E-state index in [0.717, 1.165) is 0 Å². The molecular weight excluding hydrogens is 465 g/mol. The zero-order chi connectivity index (χ0) is 25.9. The number of piperidine rings is 1. The summed E-state index contributed by atoms with van der Waals surface area (Å²) in [7, 11) is 1.55. The number of rotatable bonds is 6. The smallest absolute Gasteiger partial charge is 0.256 e. The Labute approximate surface area is 210 Å². The van der Waals surface area contributed by atoms with E-state index in [2.05, 4.69) is 5.32 Å². The summed E-state index contributed by atoms with van der Waals surface area (Å²) in [6.45, 7) is 5.14. The minimum Gasteiger partial charge on any atom is -0.497 e. The SMILES string of the molecule is COc1cccc(C(=O)N2CCC3(CC2)OC[C@H](C(=O)NCC(C)C)N3C(=O)c2cccc(F)c2)c1. The summed E-state index contributed by atoms with van der Waals surface area (Å²) in [5, 5.41) is 2.89. The maximum Gasteiger partial charge on any atom is 0.256 e. The van der Waals surface area contributed by atoms with Crippen molar-refractivity contribution in [1.29, 1.82) is 0 Å². The van der Waals surface area contributed by atoms with Crippen molar-refractivity contribution in [2.75, 3.05) is 33.4 Å². The summed E-state index contributed by atoms with van der Waals surface area (Å²) in [6, 6.07) is 11.5. The Balaban J connectivity index is 1.56. The van der Waals surface area contributed by atoms with E-state index >= 15 is 0 Å². The molecule has 0 aliphatic carbocycles. The molecule has 1 spiro atoms. The zero-order valence-corrected chi connectivity index (χ0v) is 20.8. The van der Waals surface area contributed by atoms with Gasteiger partial charge in [0.15, 0.2) is 0 Å². The third-order valence-corrected chi connectivity index (χ3v) is 6.69. The molecule has 9 heteroatoms. The van der Waals surface area contributed by atoms with Crippen LogP contribution >= 0.6 is 0 Å². The molecule has 1 N–H and O–H groups in total. The van der Waals surface area contributed by atoms with E-state index in [1.807, 2.05) is 13.8 Å². The number of carbonyl (C=O) groups excluding carboxylic acids is 3. The van der Waals surface area contributed by atoms with Gasteiger partial charge in [-0.3, -0.25) is 19.3 Å². The Hall–Kier alpha value is -3.46. The number of amides is 3. The molecule has 2 saturated heterocycles. The first-order chi connectivity index (χ1) is 17.2. The number of nitrogens with one attached hydrogen (secondary N) is 1. The van der Waals surface area contributed by atoms with E-state index in [4.69, 9.17) is 9.47 Å². The molecule has 2 aliphatic heterocycles. The first kappa shape index (κ1) is 25.6. The van der Waals surface area contributed by atoms with Crippen molar-refractivity contribution in [3.8, 4) is 5.75 Å². The maximum atomic E-state index is 13.9. The quantitative estimate of drug-likeness (QED) is 0.663. The van der Waals surface area contributed by atoms with Crippen molar-refractivity contribution < 1.29 is 28.2 Å². The Kier molecular flexibility index (Phi) is 7.59. The molecule has 36 heavy (non-hydrogen) atoms. The summed E-state index contributed by atoms with van der Waals surface area (Å²) < 4.78 is 25.3. The molecule has 0 aromatic heterocycles. The largest absolute Gasteiger partial charge is 0.497 e. The van der Waals surface area contributed by atoms with Crippen LogP contribution in [0.25, 0.3) is 0 Å². The van der Waals surface area contributed by atoms with Crippen molar-refractivity contribution in [3.63, 3.8) is 0 Å². The second-order valence-corrected chi connectivity index (χ2v) is 9.62. The average Bonchev–Trinajstić information content (AvgIpc) is 3.25. The molecule has 3 amide bonds. The van der Waals surface area contributed by atoms with E-state index in [-0.39, 0.29) is 29.9 Å². The fourth-order valence-electron chi connectivity index (χ4n) is 4.75. The Morgan fingerprint density at radius 1 is 1.08 bits per heavy atom. The Morgan fingerprint density at radius 2 is 1.75 bits per heavy atom. The number of likely N-dealkylation sites (tertiary alicyclic amines) is 1. The van der Waals surface area contributed by atoms with Crippen LogP contribution in [-0.2, 0) is 9.53 Å². The van der Waals surface area contributed by atoms with E-state index in [0.29, 0.717) is 43.8 Å². The predicted molar refractivity (Wildman–Crippen MR) is 131 cm³/mol. The van der Waals surface area contributed by atoms with Crippen molar-refractivity contribution in [1.82, 2.24) is 15.1 Å². The van der Waals surface area contributed by atoms with Gasteiger partial charge >= 0.3 is 0 Å². The average molecular weight is 498 g/mol. The molecule has 2 heterocycles. The van der Waals surface area contributed by atoms with Crippen molar-refractivity contribution in [3.05, 3.63) is 65.5 Å². The molecular formula is C27H32FN3O5. The van der Waals surface area contributed by atoms with Crippen molar-refractivity contribution in [2.24, 2.45) is 5.92 Å². The highest BCUT2D eigenvalue weighted by Gasteiger charge is 2.54. The molecule has 2 aliphatic rings. The fraction of sp³-hybridized carbons (Fsp3) is 0.444. The van der Waals surface area contributed by atoms with Crippen LogP contribution in [0.4, 0.5) is 4.39 Å². The zero-order valence-electron chi connectivity index (χ0n) is 20.8. The van der Waals surface area contributed by atoms with Crippen LogP contribution in [0.3, 0.4) is 0 Å². The van der Waals surface area contributed by atoms with E-state index < -0.39 is 23.5 Å². The number of carbonyl (C=O) groups is 3. The number of ether oxygens (including phenoxy) is 2. The van der Waals surface area contributed by atoms with Crippen LogP contribution in [0.2, 0.25) is 0 Å². The number of methoxy groups -OCH3 is 1. The normalized spacial score (nSPS) is 19.0. The monoisotopic (exact) mass is 497 g/mol. The second kappa shape index (κ2) is 10.7. The molecule has 192 valence electrons. The lowest BCUT2D eigenvalue weighted by Crippen LogP contribution is -2.60. The van der Waals surface area contributed by atoms with Gasteiger partial charge in [-0.1, -0.05) is 26.0 Å². The van der Waals surface area contributed by atoms with Gasteiger partial charge in [0.05, 0.1) is 13.7 Å². The fourth-order valence-corrected chi connectivity index (χ4v) is 4.75. The van der Waals surface area contributed by atoms with Crippen LogP contribution in [0.1, 0.15) is 47.4 Å². The molecule has 2 fully saturated rings. The van der Waals surface area contributed by atoms with Gasteiger partial charge < -0.3 is 19.7 Å². The van der Waals surface area contributed by atoms with Gasteiger partial charge in [-0.25, -0.2) is 4.39 Å². The topological polar surface area (TPSA) is 88.2 Å². The molecule has 8 nitrogen and oxygen atoms in total. The maximum absolute atomic E-state index is 13.9. The summed E-state index contributed by atoms with van der Waals surface area (Å²) in [4.78, 5) is 43.0. The van der Waals surface area contributed by atoms with Gasteiger partial charge in [-0.05, 0) is 42.3 Å². The standard InChI is InChI=1S/C27H32FN3O5/c1-18(2)16-29-24(32)23-17-36-27(31(23)26(34)19-6-4-8-21(28)14-19)10-12-30(13-11-27)25(33)20-7-5-9-22(15-20)35-3/h4-9,14-15,18,23H,10-13,16-17H2,1-3H3,(H,29,32)/t23-/m1/s1.